The molecule has 0 spiro atoms. The first kappa shape index (κ1) is 16.0. The number of carbonyl (C=O) groups excluding carboxylic acids is 2. The van der Waals surface area contributed by atoms with Gasteiger partial charge in [0, 0.05) is 16.1 Å². The minimum Gasteiger partial charge on any atom is -0.369 e. The van der Waals surface area contributed by atoms with Crippen LogP contribution in [0.25, 0.3) is 0 Å². The van der Waals surface area contributed by atoms with Crippen molar-refractivity contribution in [2.24, 2.45) is 11.7 Å². The molecule has 6 heteroatoms. The molecule has 0 saturated carbocycles. The fourth-order valence-corrected chi connectivity index (χ4v) is 3.05. The topological polar surface area (TPSA) is 75.4 Å². The van der Waals surface area contributed by atoms with Crippen molar-refractivity contribution in [3.63, 3.8) is 0 Å². The smallest absolute Gasteiger partial charge is 0.231 e. The number of nitrogens with one attached hydrogen (secondary N) is 1. The van der Waals surface area contributed by atoms with Gasteiger partial charge < -0.3 is 11.1 Å². The van der Waals surface area contributed by atoms with Crippen LogP contribution in [0.1, 0.15) is 18.4 Å². The monoisotopic (exact) mass is 353 g/mol. The summed E-state index contributed by atoms with van der Waals surface area (Å²) in [5.41, 5.74) is 7.07. The number of rotatable bonds is 4. The van der Waals surface area contributed by atoms with Crippen molar-refractivity contribution in [3.8, 4) is 0 Å². The van der Waals surface area contributed by atoms with E-state index in [2.05, 4.69) is 21.2 Å². The third kappa shape index (κ3) is 4.54. The Morgan fingerprint density at radius 2 is 2.05 bits per heavy atom. The Balaban J connectivity index is 1.89. The highest BCUT2D eigenvalue weighted by molar-refractivity contribution is 9.10. The SMILES string of the molecule is Cc1cc(Br)ccc1NC(=O)C1CCN(CC(N)=O)CC1. The summed E-state index contributed by atoms with van der Waals surface area (Å²) >= 11 is 3.41. The largest absolute Gasteiger partial charge is 0.369 e. The van der Waals surface area contributed by atoms with Crippen LogP contribution in [0.3, 0.4) is 0 Å². The van der Waals surface area contributed by atoms with Crippen molar-refractivity contribution < 1.29 is 9.59 Å². The Labute approximate surface area is 133 Å². The molecule has 2 rings (SSSR count). The number of aryl methyl sites for hydroxylation is 1. The lowest BCUT2D eigenvalue weighted by molar-refractivity contribution is -0.122. The van der Waals surface area contributed by atoms with Gasteiger partial charge in [-0.3, -0.25) is 14.5 Å². The molecule has 3 N–H and O–H groups in total. The number of carbonyl (C=O) groups is 2. The van der Waals surface area contributed by atoms with Crippen LogP contribution >= 0.6 is 15.9 Å². The van der Waals surface area contributed by atoms with Gasteiger partial charge in [-0.05, 0) is 56.6 Å². The third-order valence-corrected chi connectivity index (χ3v) is 4.28. The van der Waals surface area contributed by atoms with E-state index in [1.165, 1.54) is 0 Å². The fraction of sp³-hybridized carbons (Fsp3) is 0.467. The predicted molar refractivity (Wildman–Crippen MR) is 85.9 cm³/mol. The molecule has 114 valence electrons. The molecule has 1 aliphatic heterocycles. The molecule has 0 atom stereocenters. The fourth-order valence-electron chi connectivity index (χ4n) is 2.58. The van der Waals surface area contributed by atoms with Crippen LogP contribution in [0, 0.1) is 12.8 Å². The number of likely N-dealkylation sites (tertiary alicyclic amines) is 1. The normalized spacial score (nSPS) is 16.7. The Kier molecular flexibility index (Phi) is 5.36. The van der Waals surface area contributed by atoms with Crippen LogP contribution in [-0.4, -0.2) is 36.3 Å². The molecule has 1 saturated heterocycles. The van der Waals surface area contributed by atoms with E-state index in [1.54, 1.807) is 0 Å². The minimum atomic E-state index is -0.316. The van der Waals surface area contributed by atoms with Crippen molar-refractivity contribution in [2.75, 3.05) is 25.0 Å². The van der Waals surface area contributed by atoms with E-state index in [4.69, 9.17) is 5.73 Å². The number of amides is 2. The van der Waals surface area contributed by atoms with E-state index < -0.39 is 0 Å². The maximum absolute atomic E-state index is 12.3. The zero-order valence-electron chi connectivity index (χ0n) is 12.1. The number of hydrogen-bond donors (Lipinski definition) is 2. The lowest BCUT2D eigenvalue weighted by Gasteiger charge is -2.30. The molecular weight excluding hydrogens is 334 g/mol. The second-order valence-electron chi connectivity index (χ2n) is 5.47. The summed E-state index contributed by atoms with van der Waals surface area (Å²) in [6.45, 7) is 3.72. The van der Waals surface area contributed by atoms with Crippen LogP contribution in [0.4, 0.5) is 5.69 Å². The third-order valence-electron chi connectivity index (χ3n) is 3.78. The van der Waals surface area contributed by atoms with Crippen molar-refractivity contribution in [2.45, 2.75) is 19.8 Å². The molecule has 0 bridgehead atoms. The average molecular weight is 354 g/mol. The Bertz CT molecular complexity index is 540. The number of primary amides is 1. The van der Waals surface area contributed by atoms with Crippen LogP contribution in [0.2, 0.25) is 0 Å². The van der Waals surface area contributed by atoms with E-state index in [-0.39, 0.29) is 24.3 Å². The maximum Gasteiger partial charge on any atom is 0.231 e. The Hall–Kier alpha value is -1.40. The zero-order valence-corrected chi connectivity index (χ0v) is 13.6. The number of hydrogen-bond acceptors (Lipinski definition) is 3. The summed E-state index contributed by atoms with van der Waals surface area (Å²) in [6, 6.07) is 5.79. The lowest BCUT2D eigenvalue weighted by atomic mass is 9.95. The highest BCUT2D eigenvalue weighted by Gasteiger charge is 2.25. The summed E-state index contributed by atoms with van der Waals surface area (Å²) in [4.78, 5) is 25.2. The van der Waals surface area contributed by atoms with Crippen molar-refractivity contribution in [1.82, 2.24) is 4.90 Å². The van der Waals surface area contributed by atoms with E-state index in [9.17, 15) is 9.59 Å². The molecule has 1 aliphatic rings. The predicted octanol–water partition coefficient (Wildman–Crippen LogP) is 1.89. The van der Waals surface area contributed by atoms with Gasteiger partial charge in [0.25, 0.3) is 0 Å². The summed E-state index contributed by atoms with van der Waals surface area (Å²) in [7, 11) is 0. The first-order valence-corrected chi connectivity index (χ1v) is 7.82. The van der Waals surface area contributed by atoms with E-state index in [1.807, 2.05) is 30.0 Å². The highest BCUT2D eigenvalue weighted by atomic mass is 79.9. The Morgan fingerprint density at radius 3 is 2.62 bits per heavy atom. The number of benzene rings is 1. The molecular formula is C15H20BrN3O2. The van der Waals surface area contributed by atoms with E-state index in [0.29, 0.717) is 0 Å². The molecule has 1 heterocycles. The summed E-state index contributed by atoms with van der Waals surface area (Å²) in [5, 5.41) is 2.99. The second kappa shape index (κ2) is 7.04. The van der Waals surface area contributed by atoms with Gasteiger partial charge >= 0.3 is 0 Å². The zero-order chi connectivity index (χ0) is 15.4. The molecule has 0 aliphatic carbocycles. The maximum atomic E-state index is 12.3. The van der Waals surface area contributed by atoms with Gasteiger partial charge in [0.05, 0.1) is 6.54 Å². The van der Waals surface area contributed by atoms with Gasteiger partial charge in [-0.1, -0.05) is 15.9 Å². The first-order chi connectivity index (χ1) is 9.95. The minimum absolute atomic E-state index is 0.00262. The molecule has 5 nitrogen and oxygen atoms in total. The van der Waals surface area contributed by atoms with Crippen molar-refractivity contribution >= 4 is 33.4 Å². The molecule has 1 aromatic carbocycles. The molecule has 0 unspecified atom stereocenters. The van der Waals surface area contributed by atoms with E-state index in [0.717, 1.165) is 41.7 Å². The standard InChI is InChI=1S/C15H20BrN3O2/c1-10-8-12(16)2-3-13(10)18-15(21)11-4-6-19(7-5-11)9-14(17)20/h2-3,8,11H,4-7,9H2,1H3,(H2,17,20)(H,18,21). The molecule has 0 aromatic heterocycles. The summed E-state index contributed by atoms with van der Waals surface area (Å²) in [6.07, 6.45) is 1.52. The van der Waals surface area contributed by atoms with Gasteiger partial charge in [0.15, 0.2) is 0 Å². The highest BCUT2D eigenvalue weighted by Crippen LogP contribution is 2.23. The second-order valence-corrected chi connectivity index (χ2v) is 6.38. The summed E-state index contributed by atoms with van der Waals surface area (Å²) < 4.78 is 0.998. The molecule has 1 fully saturated rings. The molecule has 1 aromatic rings. The molecule has 21 heavy (non-hydrogen) atoms. The van der Waals surface area contributed by atoms with Crippen LogP contribution in [0.15, 0.2) is 22.7 Å². The van der Waals surface area contributed by atoms with Crippen LogP contribution in [-0.2, 0) is 9.59 Å². The average Bonchev–Trinajstić information content (AvgIpc) is 2.42. The van der Waals surface area contributed by atoms with Crippen LogP contribution in [0.5, 0.6) is 0 Å². The van der Waals surface area contributed by atoms with E-state index >= 15 is 0 Å². The summed E-state index contributed by atoms with van der Waals surface area (Å²) in [5.74, 6) is -0.264. The Morgan fingerprint density at radius 1 is 1.38 bits per heavy atom. The first-order valence-electron chi connectivity index (χ1n) is 7.03. The lowest BCUT2D eigenvalue weighted by Crippen LogP contribution is -2.42. The van der Waals surface area contributed by atoms with Gasteiger partial charge in [-0.25, -0.2) is 0 Å². The number of anilines is 1. The van der Waals surface area contributed by atoms with Crippen LogP contribution < -0.4 is 11.1 Å². The van der Waals surface area contributed by atoms with Crippen molar-refractivity contribution in [1.29, 1.82) is 0 Å². The van der Waals surface area contributed by atoms with Gasteiger partial charge in [0.1, 0.15) is 0 Å². The molecule has 2 amide bonds. The van der Waals surface area contributed by atoms with Gasteiger partial charge in [0.2, 0.25) is 11.8 Å². The van der Waals surface area contributed by atoms with Gasteiger partial charge in [-0.15, -0.1) is 0 Å². The number of halogens is 1. The quantitative estimate of drug-likeness (QED) is 0.867. The van der Waals surface area contributed by atoms with Gasteiger partial charge in [-0.2, -0.15) is 0 Å². The molecule has 0 radical (unpaired) electrons. The van der Waals surface area contributed by atoms with Crippen molar-refractivity contribution in [3.05, 3.63) is 28.2 Å². The number of piperidine rings is 1. The number of nitrogens with two attached hydrogens (primary N) is 1. The number of nitrogens with zero attached hydrogens (tertiary/aromatic N) is 1.